The predicted molar refractivity (Wildman–Crippen MR) is 57.9 cm³/mol. The van der Waals surface area contributed by atoms with Crippen molar-refractivity contribution in [1.29, 1.82) is 0 Å². The molecule has 15 heavy (non-hydrogen) atoms. The molecule has 0 amide bonds. The van der Waals surface area contributed by atoms with Crippen LogP contribution in [0.25, 0.3) is 0 Å². The van der Waals surface area contributed by atoms with Crippen LogP contribution in [-0.2, 0) is 0 Å². The molecular formula is C12H17NO2. The average molecular weight is 207 g/mol. The summed E-state index contributed by atoms with van der Waals surface area (Å²) in [5.74, 6) is 0.571. The van der Waals surface area contributed by atoms with Gasteiger partial charge >= 0.3 is 0 Å². The van der Waals surface area contributed by atoms with Gasteiger partial charge in [0, 0.05) is 6.04 Å². The minimum atomic E-state index is 0.0914. The van der Waals surface area contributed by atoms with Crippen LogP contribution in [0.15, 0.2) is 22.8 Å². The highest BCUT2D eigenvalue weighted by Gasteiger charge is 2.21. The lowest BCUT2D eigenvalue weighted by Crippen LogP contribution is -2.40. The molecule has 3 heteroatoms. The van der Waals surface area contributed by atoms with E-state index in [2.05, 4.69) is 11.8 Å². The van der Waals surface area contributed by atoms with Gasteiger partial charge in [0.1, 0.15) is 0 Å². The molecule has 2 heterocycles. The van der Waals surface area contributed by atoms with Crippen molar-refractivity contribution >= 4 is 5.78 Å². The second-order valence-electron chi connectivity index (χ2n) is 4.22. The van der Waals surface area contributed by atoms with Crippen LogP contribution in [-0.4, -0.2) is 29.8 Å². The summed E-state index contributed by atoms with van der Waals surface area (Å²) >= 11 is 0. The van der Waals surface area contributed by atoms with Gasteiger partial charge in [-0.2, -0.15) is 0 Å². The fourth-order valence-electron chi connectivity index (χ4n) is 2.09. The van der Waals surface area contributed by atoms with Gasteiger partial charge in [0.15, 0.2) is 5.76 Å². The molecule has 1 saturated heterocycles. The molecule has 1 aliphatic heterocycles. The van der Waals surface area contributed by atoms with Gasteiger partial charge in [-0.1, -0.05) is 6.42 Å². The number of ketones is 1. The van der Waals surface area contributed by atoms with E-state index in [9.17, 15) is 4.79 Å². The number of furan rings is 1. The summed E-state index contributed by atoms with van der Waals surface area (Å²) in [6, 6.07) is 4.02. The van der Waals surface area contributed by atoms with E-state index >= 15 is 0 Å². The largest absolute Gasteiger partial charge is 0.461 e. The highest BCUT2D eigenvalue weighted by atomic mass is 16.3. The number of likely N-dealkylation sites (tertiary alicyclic amines) is 1. The SMILES string of the molecule is CC1CCCCN1CC(=O)c1ccco1. The Labute approximate surface area is 90.1 Å². The van der Waals surface area contributed by atoms with Crippen molar-refractivity contribution in [2.75, 3.05) is 13.1 Å². The second kappa shape index (κ2) is 4.62. The lowest BCUT2D eigenvalue weighted by molar-refractivity contribution is 0.0833. The predicted octanol–water partition coefficient (Wildman–Crippen LogP) is 2.34. The number of hydrogen-bond donors (Lipinski definition) is 0. The normalized spacial score (nSPS) is 22.9. The summed E-state index contributed by atoms with van der Waals surface area (Å²) in [6.45, 7) is 3.72. The Morgan fingerprint density at radius 2 is 2.47 bits per heavy atom. The van der Waals surface area contributed by atoms with Crippen LogP contribution in [0.4, 0.5) is 0 Å². The van der Waals surface area contributed by atoms with Crippen molar-refractivity contribution in [3.8, 4) is 0 Å². The zero-order valence-corrected chi connectivity index (χ0v) is 9.11. The highest BCUT2D eigenvalue weighted by Crippen LogP contribution is 2.16. The Morgan fingerprint density at radius 3 is 3.13 bits per heavy atom. The molecule has 0 radical (unpaired) electrons. The van der Waals surface area contributed by atoms with Crippen LogP contribution in [0, 0.1) is 0 Å². The zero-order chi connectivity index (χ0) is 10.7. The number of carbonyl (C=O) groups excluding carboxylic acids is 1. The molecule has 0 spiro atoms. The Bertz CT molecular complexity index is 318. The molecule has 0 bridgehead atoms. The van der Waals surface area contributed by atoms with Crippen molar-refractivity contribution in [1.82, 2.24) is 4.90 Å². The lowest BCUT2D eigenvalue weighted by Gasteiger charge is -2.32. The maximum absolute atomic E-state index is 11.8. The summed E-state index contributed by atoms with van der Waals surface area (Å²) < 4.78 is 5.10. The van der Waals surface area contributed by atoms with Gasteiger partial charge in [-0.25, -0.2) is 0 Å². The quantitative estimate of drug-likeness (QED) is 0.713. The molecule has 0 N–H and O–H groups in total. The van der Waals surface area contributed by atoms with Crippen molar-refractivity contribution in [3.05, 3.63) is 24.2 Å². The average Bonchev–Trinajstić information content (AvgIpc) is 2.74. The van der Waals surface area contributed by atoms with E-state index < -0.39 is 0 Å². The molecule has 1 aliphatic rings. The molecule has 1 unspecified atom stereocenters. The van der Waals surface area contributed by atoms with E-state index in [4.69, 9.17) is 4.42 Å². The first kappa shape index (κ1) is 10.4. The van der Waals surface area contributed by atoms with Gasteiger partial charge < -0.3 is 4.42 Å². The number of carbonyl (C=O) groups is 1. The van der Waals surface area contributed by atoms with E-state index in [1.165, 1.54) is 19.3 Å². The smallest absolute Gasteiger partial charge is 0.211 e. The number of rotatable bonds is 3. The summed E-state index contributed by atoms with van der Waals surface area (Å²) in [5, 5.41) is 0. The van der Waals surface area contributed by atoms with E-state index in [0.29, 0.717) is 18.3 Å². The summed E-state index contributed by atoms with van der Waals surface area (Å²) in [4.78, 5) is 14.0. The monoisotopic (exact) mass is 207 g/mol. The molecule has 1 fully saturated rings. The number of Topliss-reactive ketones (excluding diaryl/α,β-unsaturated/α-hetero) is 1. The van der Waals surface area contributed by atoms with Crippen molar-refractivity contribution < 1.29 is 9.21 Å². The molecule has 0 aromatic carbocycles. The Morgan fingerprint density at radius 1 is 1.60 bits per heavy atom. The van der Waals surface area contributed by atoms with Gasteiger partial charge in [-0.15, -0.1) is 0 Å². The van der Waals surface area contributed by atoms with Gasteiger partial charge in [-0.05, 0) is 38.4 Å². The Balaban J connectivity index is 1.93. The van der Waals surface area contributed by atoms with Crippen LogP contribution >= 0.6 is 0 Å². The molecule has 3 nitrogen and oxygen atoms in total. The van der Waals surface area contributed by atoms with Crippen molar-refractivity contribution in [2.24, 2.45) is 0 Å². The third-order valence-corrected chi connectivity index (χ3v) is 3.08. The van der Waals surface area contributed by atoms with E-state index in [1.54, 1.807) is 18.4 Å². The fraction of sp³-hybridized carbons (Fsp3) is 0.583. The minimum Gasteiger partial charge on any atom is -0.461 e. The minimum absolute atomic E-state index is 0.0914. The second-order valence-corrected chi connectivity index (χ2v) is 4.22. The molecule has 1 atom stereocenters. The van der Waals surface area contributed by atoms with Crippen LogP contribution in [0.2, 0.25) is 0 Å². The fourth-order valence-corrected chi connectivity index (χ4v) is 2.09. The molecule has 82 valence electrons. The Kier molecular flexibility index (Phi) is 3.21. The van der Waals surface area contributed by atoms with Gasteiger partial charge in [0.2, 0.25) is 5.78 Å². The molecule has 2 rings (SSSR count). The highest BCUT2D eigenvalue weighted by molar-refractivity contribution is 5.95. The third kappa shape index (κ3) is 2.48. The molecule has 1 aromatic heterocycles. The van der Waals surface area contributed by atoms with Crippen LogP contribution in [0.5, 0.6) is 0 Å². The molecular weight excluding hydrogens is 190 g/mol. The van der Waals surface area contributed by atoms with E-state index in [0.717, 1.165) is 6.54 Å². The Hall–Kier alpha value is -1.09. The summed E-state index contributed by atoms with van der Waals surface area (Å²) in [6.07, 6.45) is 5.24. The summed E-state index contributed by atoms with van der Waals surface area (Å²) in [7, 11) is 0. The topological polar surface area (TPSA) is 33.5 Å². The third-order valence-electron chi connectivity index (χ3n) is 3.08. The molecule has 0 saturated carbocycles. The molecule has 1 aromatic rings. The van der Waals surface area contributed by atoms with Crippen molar-refractivity contribution in [3.63, 3.8) is 0 Å². The zero-order valence-electron chi connectivity index (χ0n) is 9.11. The van der Waals surface area contributed by atoms with Gasteiger partial charge in [-0.3, -0.25) is 9.69 Å². The molecule has 0 aliphatic carbocycles. The van der Waals surface area contributed by atoms with Crippen LogP contribution in [0.1, 0.15) is 36.7 Å². The maximum Gasteiger partial charge on any atom is 0.211 e. The first-order chi connectivity index (χ1) is 7.27. The standard InChI is InChI=1S/C12H17NO2/c1-10-5-2-3-7-13(10)9-11(14)12-6-4-8-15-12/h4,6,8,10H,2-3,5,7,9H2,1H3. The van der Waals surface area contributed by atoms with E-state index in [1.807, 2.05) is 0 Å². The maximum atomic E-state index is 11.8. The number of nitrogens with zero attached hydrogens (tertiary/aromatic N) is 1. The van der Waals surface area contributed by atoms with Crippen LogP contribution < -0.4 is 0 Å². The van der Waals surface area contributed by atoms with Crippen LogP contribution in [0.3, 0.4) is 0 Å². The van der Waals surface area contributed by atoms with Gasteiger partial charge in [0.25, 0.3) is 0 Å². The first-order valence-electron chi connectivity index (χ1n) is 5.58. The first-order valence-corrected chi connectivity index (χ1v) is 5.58. The lowest BCUT2D eigenvalue weighted by atomic mass is 10.0. The number of piperidine rings is 1. The van der Waals surface area contributed by atoms with Gasteiger partial charge in [0.05, 0.1) is 12.8 Å². The van der Waals surface area contributed by atoms with E-state index in [-0.39, 0.29) is 5.78 Å². The van der Waals surface area contributed by atoms with Crippen molar-refractivity contribution in [2.45, 2.75) is 32.2 Å². The number of hydrogen-bond acceptors (Lipinski definition) is 3. The summed E-state index contributed by atoms with van der Waals surface area (Å²) in [5.41, 5.74) is 0.